The van der Waals surface area contributed by atoms with Crippen LogP contribution in [0.25, 0.3) is 4.96 Å². The van der Waals surface area contributed by atoms with Crippen LogP contribution in [0.1, 0.15) is 31.9 Å². The van der Waals surface area contributed by atoms with Crippen LogP contribution in [-0.4, -0.2) is 23.0 Å². The number of thiazole rings is 1. The summed E-state index contributed by atoms with van der Waals surface area (Å²) in [6, 6.07) is 0. The Labute approximate surface area is 106 Å². The van der Waals surface area contributed by atoms with Crippen molar-refractivity contribution < 1.29 is 0 Å². The van der Waals surface area contributed by atoms with Gasteiger partial charge >= 0.3 is 0 Å². The second-order valence-corrected chi connectivity index (χ2v) is 5.14. The lowest BCUT2D eigenvalue weighted by Gasteiger charge is -2.17. The summed E-state index contributed by atoms with van der Waals surface area (Å²) in [5, 5.41) is 2.04. The number of anilines is 1. The maximum Gasteiger partial charge on any atom is 0.195 e. The van der Waals surface area contributed by atoms with Crippen LogP contribution in [0.5, 0.6) is 0 Å². The third kappa shape index (κ3) is 2.45. The van der Waals surface area contributed by atoms with E-state index in [0.29, 0.717) is 6.54 Å². The number of hydrogen-bond donors (Lipinski definition) is 1. The summed E-state index contributed by atoms with van der Waals surface area (Å²) >= 11 is 1.65. The van der Waals surface area contributed by atoms with Gasteiger partial charge in [0.1, 0.15) is 0 Å². The van der Waals surface area contributed by atoms with Crippen molar-refractivity contribution in [3.8, 4) is 0 Å². The van der Waals surface area contributed by atoms with Gasteiger partial charge in [0.25, 0.3) is 0 Å². The number of fused-ring (bicyclic) bond motifs is 1. The van der Waals surface area contributed by atoms with Crippen molar-refractivity contribution >= 4 is 22.1 Å². The number of nitrogens with zero attached hydrogens (tertiary/aromatic N) is 3. The van der Waals surface area contributed by atoms with Gasteiger partial charge in [-0.05, 0) is 6.42 Å². The summed E-state index contributed by atoms with van der Waals surface area (Å²) in [6.45, 7) is 3.80. The summed E-state index contributed by atoms with van der Waals surface area (Å²) in [6.07, 6.45) is 5.77. The number of rotatable bonds is 6. The van der Waals surface area contributed by atoms with E-state index >= 15 is 0 Å². The van der Waals surface area contributed by atoms with E-state index in [4.69, 9.17) is 5.73 Å². The predicted octanol–water partition coefficient (Wildman–Crippen LogP) is 2.48. The van der Waals surface area contributed by atoms with Crippen LogP contribution in [0.2, 0.25) is 0 Å². The Kier molecular flexibility index (Phi) is 4.02. The SMILES string of the molecule is CCCCCN(C)c1nc2sccn2c1CN. The van der Waals surface area contributed by atoms with E-state index in [1.165, 1.54) is 19.3 Å². The molecule has 2 rings (SSSR count). The molecule has 0 radical (unpaired) electrons. The van der Waals surface area contributed by atoms with Gasteiger partial charge in [0, 0.05) is 31.7 Å². The zero-order valence-electron chi connectivity index (χ0n) is 10.5. The Balaban J connectivity index is 2.18. The lowest BCUT2D eigenvalue weighted by Crippen LogP contribution is -2.21. The van der Waals surface area contributed by atoms with Gasteiger partial charge in [-0.25, -0.2) is 4.98 Å². The van der Waals surface area contributed by atoms with Crippen LogP contribution in [0.4, 0.5) is 5.82 Å². The molecule has 2 heterocycles. The van der Waals surface area contributed by atoms with Gasteiger partial charge < -0.3 is 10.6 Å². The third-order valence-corrected chi connectivity index (χ3v) is 3.75. The number of hydrogen-bond acceptors (Lipinski definition) is 4. The van der Waals surface area contributed by atoms with Crippen LogP contribution in [0.3, 0.4) is 0 Å². The molecule has 0 amide bonds. The van der Waals surface area contributed by atoms with E-state index in [1.807, 2.05) is 11.6 Å². The molecule has 4 nitrogen and oxygen atoms in total. The second kappa shape index (κ2) is 5.51. The molecule has 0 aliphatic carbocycles. The van der Waals surface area contributed by atoms with Crippen molar-refractivity contribution in [2.45, 2.75) is 32.7 Å². The highest BCUT2D eigenvalue weighted by Crippen LogP contribution is 2.23. The zero-order chi connectivity index (χ0) is 12.3. The highest BCUT2D eigenvalue weighted by Gasteiger charge is 2.14. The topological polar surface area (TPSA) is 46.6 Å². The smallest absolute Gasteiger partial charge is 0.195 e. The quantitative estimate of drug-likeness (QED) is 0.803. The molecule has 2 aromatic heterocycles. The van der Waals surface area contributed by atoms with E-state index in [0.717, 1.165) is 23.0 Å². The number of nitrogens with two attached hydrogens (primary N) is 1. The highest BCUT2D eigenvalue weighted by atomic mass is 32.1. The van der Waals surface area contributed by atoms with Crippen molar-refractivity contribution in [3.63, 3.8) is 0 Å². The Morgan fingerprint density at radius 1 is 1.47 bits per heavy atom. The summed E-state index contributed by atoms with van der Waals surface area (Å²) in [7, 11) is 2.10. The molecule has 0 saturated carbocycles. The fourth-order valence-corrected chi connectivity index (χ4v) is 2.75. The molecule has 0 saturated heterocycles. The Morgan fingerprint density at radius 2 is 2.29 bits per heavy atom. The fourth-order valence-electron chi connectivity index (χ4n) is 2.02. The zero-order valence-corrected chi connectivity index (χ0v) is 11.3. The molecule has 0 bridgehead atoms. The first kappa shape index (κ1) is 12.4. The Morgan fingerprint density at radius 3 is 3.00 bits per heavy atom. The van der Waals surface area contributed by atoms with Crippen LogP contribution in [0.15, 0.2) is 11.6 Å². The van der Waals surface area contributed by atoms with Crippen molar-refractivity contribution in [3.05, 3.63) is 17.3 Å². The molecular weight excluding hydrogens is 232 g/mol. The van der Waals surface area contributed by atoms with Gasteiger partial charge in [0.2, 0.25) is 0 Å². The molecule has 0 fully saturated rings. The maximum atomic E-state index is 5.83. The van der Waals surface area contributed by atoms with Gasteiger partial charge in [0.05, 0.1) is 5.69 Å². The predicted molar refractivity (Wildman–Crippen MR) is 73.8 cm³/mol. The number of unbranched alkanes of at least 4 members (excludes halogenated alkanes) is 2. The summed E-state index contributed by atoms with van der Waals surface area (Å²) < 4.78 is 2.09. The van der Waals surface area contributed by atoms with Gasteiger partial charge in [-0.1, -0.05) is 19.8 Å². The molecule has 0 aliphatic rings. The lowest BCUT2D eigenvalue weighted by atomic mass is 10.2. The normalized spacial score (nSPS) is 11.2. The van der Waals surface area contributed by atoms with E-state index < -0.39 is 0 Å². The Bertz CT molecular complexity index is 474. The number of imidazole rings is 1. The van der Waals surface area contributed by atoms with E-state index in [1.54, 1.807) is 11.3 Å². The molecule has 0 spiro atoms. The summed E-state index contributed by atoms with van der Waals surface area (Å²) in [5.41, 5.74) is 6.94. The van der Waals surface area contributed by atoms with E-state index in [-0.39, 0.29) is 0 Å². The van der Waals surface area contributed by atoms with Gasteiger partial charge in [-0.15, -0.1) is 11.3 Å². The monoisotopic (exact) mass is 252 g/mol. The van der Waals surface area contributed by atoms with Crippen LogP contribution >= 0.6 is 11.3 Å². The average molecular weight is 252 g/mol. The lowest BCUT2D eigenvalue weighted by molar-refractivity contribution is 0.700. The van der Waals surface area contributed by atoms with E-state index in [9.17, 15) is 0 Å². The van der Waals surface area contributed by atoms with Gasteiger partial charge in [0.15, 0.2) is 10.8 Å². The first-order valence-corrected chi connectivity index (χ1v) is 7.01. The van der Waals surface area contributed by atoms with Crippen LogP contribution < -0.4 is 10.6 Å². The van der Waals surface area contributed by atoms with Crippen molar-refractivity contribution in [2.75, 3.05) is 18.5 Å². The molecule has 2 N–H and O–H groups in total. The second-order valence-electron chi connectivity index (χ2n) is 4.27. The molecule has 17 heavy (non-hydrogen) atoms. The summed E-state index contributed by atoms with van der Waals surface area (Å²) in [5.74, 6) is 1.04. The van der Waals surface area contributed by atoms with Gasteiger partial charge in [-0.2, -0.15) is 0 Å². The van der Waals surface area contributed by atoms with Crippen LogP contribution in [-0.2, 0) is 6.54 Å². The fraction of sp³-hybridized carbons (Fsp3) is 0.583. The standard InChI is InChI=1S/C12H20N4S/c1-3-4-5-6-15(2)11-10(9-13)16-7-8-17-12(16)14-11/h7-8H,3-6,9,13H2,1-2H3. The molecule has 94 valence electrons. The average Bonchev–Trinajstić information content (AvgIpc) is 2.88. The molecular formula is C12H20N4S. The number of aromatic nitrogens is 2. The largest absolute Gasteiger partial charge is 0.358 e. The molecule has 5 heteroatoms. The first-order valence-electron chi connectivity index (χ1n) is 6.13. The molecule has 0 atom stereocenters. The molecule has 0 aliphatic heterocycles. The van der Waals surface area contributed by atoms with Crippen LogP contribution in [0, 0.1) is 0 Å². The first-order chi connectivity index (χ1) is 8.27. The Hall–Kier alpha value is -1.07. The minimum absolute atomic E-state index is 0.533. The van der Waals surface area contributed by atoms with Crippen molar-refractivity contribution in [2.24, 2.45) is 5.73 Å². The summed E-state index contributed by atoms with van der Waals surface area (Å²) in [4.78, 5) is 7.90. The highest BCUT2D eigenvalue weighted by molar-refractivity contribution is 7.15. The van der Waals surface area contributed by atoms with Crippen molar-refractivity contribution in [1.82, 2.24) is 9.38 Å². The molecule has 0 aromatic carbocycles. The minimum atomic E-state index is 0.533. The van der Waals surface area contributed by atoms with Crippen molar-refractivity contribution in [1.29, 1.82) is 0 Å². The third-order valence-electron chi connectivity index (χ3n) is 2.99. The molecule has 2 aromatic rings. The molecule has 0 unspecified atom stereocenters. The van der Waals surface area contributed by atoms with E-state index in [2.05, 4.69) is 28.3 Å². The van der Waals surface area contributed by atoms with Gasteiger partial charge in [-0.3, -0.25) is 4.40 Å². The minimum Gasteiger partial charge on any atom is -0.358 e. The maximum absolute atomic E-state index is 5.83.